The second-order valence-electron chi connectivity index (χ2n) is 4.23. The van der Waals surface area contributed by atoms with Gasteiger partial charge in [0.1, 0.15) is 5.82 Å². The Balaban J connectivity index is 1.87. The van der Waals surface area contributed by atoms with Gasteiger partial charge in [-0.2, -0.15) is 0 Å². The summed E-state index contributed by atoms with van der Waals surface area (Å²) in [6.45, 7) is 0. The third kappa shape index (κ3) is 2.42. The summed E-state index contributed by atoms with van der Waals surface area (Å²) in [5.41, 5.74) is 2.49. The summed E-state index contributed by atoms with van der Waals surface area (Å²) in [5, 5.41) is 13.7. The SMILES string of the molecule is O=C([O-])c1ccc(Nc2cnc3ccccc3n2)cc1. The summed E-state index contributed by atoms with van der Waals surface area (Å²) in [5.74, 6) is -0.591. The minimum Gasteiger partial charge on any atom is -0.545 e. The van der Waals surface area contributed by atoms with Gasteiger partial charge in [-0.25, -0.2) is 4.98 Å². The van der Waals surface area contributed by atoms with Crippen LogP contribution in [0.2, 0.25) is 0 Å². The number of hydrogen-bond acceptors (Lipinski definition) is 5. The van der Waals surface area contributed by atoms with Crippen molar-refractivity contribution in [2.24, 2.45) is 0 Å². The summed E-state index contributed by atoms with van der Waals surface area (Å²) in [6.07, 6.45) is 1.63. The van der Waals surface area contributed by atoms with Crippen LogP contribution in [0, 0.1) is 0 Å². The molecule has 3 aromatic rings. The largest absolute Gasteiger partial charge is 0.545 e. The van der Waals surface area contributed by atoms with Crippen LogP contribution in [0.3, 0.4) is 0 Å². The van der Waals surface area contributed by atoms with E-state index in [1.54, 1.807) is 18.3 Å². The molecule has 20 heavy (non-hydrogen) atoms. The zero-order valence-electron chi connectivity index (χ0n) is 10.4. The lowest BCUT2D eigenvalue weighted by Gasteiger charge is -2.07. The standard InChI is InChI=1S/C15H11N3O2/c19-15(20)10-5-7-11(8-6-10)17-14-9-16-12-3-1-2-4-13(12)18-14/h1-9H,(H,17,18)(H,19,20)/p-1. The van der Waals surface area contributed by atoms with E-state index in [2.05, 4.69) is 15.3 Å². The Morgan fingerprint density at radius 2 is 1.70 bits per heavy atom. The molecule has 98 valence electrons. The lowest BCUT2D eigenvalue weighted by atomic mass is 10.2. The minimum absolute atomic E-state index is 0.139. The number of para-hydroxylation sites is 2. The van der Waals surface area contributed by atoms with Gasteiger partial charge in [0.2, 0.25) is 0 Å². The van der Waals surface area contributed by atoms with E-state index in [0.29, 0.717) is 5.82 Å². The number of hydrogen-bond donors (Lipinski definition) is 1. The maximum atomic E-state index is 10.7. The van der Waals surface area contributed by atoms with E-state index in [-0.39, 0.29) is 5.56 Å². The van der Waals surface area contributed by atoms with E-state index < -0.39 is 5.97 Å². The van der Waals surface area contributed by atoms with Crippen LogP contribution in [0.4, 0.5) is 11.5 Å². The van der Waals surface area contributed by atoms with Gasteiger partial charge in [-0.05, 0) is 29.8 Å². The Morgan fingerprint density at radius 3 is 2.40 bits per heavy atom. The Labute approximate surface area is 114 Å². The van der Waals surface area contributed by atoms with Crippen LogP contribution < -0.4 is 10.4 Å². The predicted molar refractivity (Wildman–Crippen MR) is 73.6 cm³/mol. The zero-order chi connectivity index (χ0) is 13.9. The topological polar surface area (TPSA) is 77.9 Å². The molecule has 0 saturated carbocycles. The van der Waals surface area contributed by atoms with Gasteiger partial charge in [0.05, 0.1) is 23.2 Å². The molecule has 5 nitrogen and oxygen atoms in total. The molecule has 0 bridgehead atoms. The molecular weight excluding hydrogens is 254 g/mol. The molecule has 0 amide bonds. The summed E-state index contributed by atoms with van der Waals surface area (Å²) >= 11 is 0. The first-order valence-corrected chi connectivity index (χ1v) is 6.02. The number of carboxylic acids is 1. The van der Waals surface area contributed by atoms with Crippen molar-refractivity contribution in [3.8, 4) is 0 Å². The summed E-state index contributed by atoms with van der Waals surface area (Å²) < 4.78 is 0. The molecule has 0 aliphatic rings. The number of nitrogens with one attached hydrogen (secondary N) is 1. The van der Waals surface area contributed by atoms with Crippen LogP contribution in [-0.2, 0) is 0 Å². The molecule has 0 unspecified atom stereocenters. The zero-order valence-corrected chi connectivity index (χ0v) is 10.4. The maximum Gasteiger partial charge on any atom is 0.149 e. The Morgan fingerprint density at radius 1 is 1.00 bits per heavy atom. The van der Waals surface area contributed by atoms with Crippen LogP contribution in [-0.4, -0.2) is 15.9 Å². The van der Waals surface area contributed by atoms with Gasteiger partial charge in [-0.1, -0.05) is 24.3 Å². The van der Waals surface area contributed by atoms with Crippen molar-refractivity contribution in [1.82, 2.24) is 9.97 Å². The van der Waals surface area contributed by atoms with E-state index in [1.807, 2.05) is 24.3 Å². The van der Waals surface area contributed by atoms with Crippen molar-refractivity contribution in [2.45, 2.75) is 0 Å². The number of fused-ring (bicyclic) bond motifs is 1. The van der Waals surface area contributed by atoms with Crippen LogP contribution in [0.25, 0.3) is 11.0 Å². The van der Waals surface area contributed by atoms with Crippen molar-refractivity contribution >= 4 is 28.5 Å². The van der Waals surface area contributed by atoms with E-state index in [9.17, 15) is 9.90 Å². The van der Waals surface area contributed by atoms with E-state index in [0.717, 1.165) is 16.7 Å². The third-order valence-electron chi connectivity index (χ3n) is 2.84. The fourth-order valence-corrected chi connectivity index (χ4v) is 1.85. The van der Waals surface area contributed by atoms with Crippen molar-refractivity contribution < 1.29 is 9.90 Å². The fourth-order valence-electron chi connectivity index (χ4n) is 1.85. The van der Waals surface area contributed by atoms with Crippen LogP contribution in [0.1, 0.15) is 10.4 Å². The van der Waals surface area contributed by atoms with Crippen molar-refractivity contribution in [3.63, 3.8) is 0 Å². The highest BCUT2D eigenvalue weighted by atomic mass is 16.4. The normalized spacial score (nSPS) is 10.4. The molecule has 3 rings (SSSR count). The highest BCUT2D eigenvalue weighted by Gasteiger charge is 2.00. The average Bonchev–Trinajstić information content (AvgIpc) is 2.48. The number of carboxylic acid groups (broad SMARTS) is 1. The number of rotatable bonds is 3. The first-order chi connectivity index (χ1) is 9.72. The molecule has 0 spiro atoms. The number of carbonyl (C=O) groups excluding carboxylic acids is 1. The highest BCUT2D eigenvalue weighted by Crippen LogP contribution is 2.17. The van der Waals surface area contributed by atoms with E-state index in [1.165, 1.54) is 12.1 Å². The Hall–Kier alpha value is -2.95. The molecule has 0 radical (unpaired) electrons. The minimum atomic E-state index is -1.19. The van der Waals surface area contributed by atoms with E-state index in [4.69, 9.17) is 0 Å². The molecule has 0 fully saturated rings. The highest BCUT2D eigenvalue weighted by molar-refractivity contribution is 5.86. The van der Waals surface area contributed by atoms with Gasteiger partial charge in [0, 0.05) is 5.69 Å². The number of anilines is 2. The van der Waals surface area contributed by atoms with Gasteiger partial charge in [-0.15, -0.1) is 0 Å². The molecule has 5 heteroatoms. The maximum absolute atomic E-state index is 10.7. The monoisotopic (exact) mass is 264 g/mol. The molecule has 1 N–H and O–H groups in total. The third-order valence-corrected chi connectivity index (χ3v) is 2.84. The number of aromatic nitrogens is 2. The van der Waals surface area contributed by atoms with Crippen LogP contribution >= 0.6 is 0 Å². The second-order valence-corrected chi connectivity index (χ2v) is 4.23. The molecule has 2 aromatic carbocycles. The predicted octanol–water partition coefficient (Wildman–Crippen LogP) is 1.74. The smallest absolute Gasteiger partial charge is 0.149 e. The number of nitrogens with zero attached hydrogens (tertiary/aromatic N) is 2. The lowest BCUT2D eigenvalue weighted by Crippen LogP contribution is -2.21. The molecular formula is C15H10N3O2-. The van der Waals surface area contributed by atoms with Crippen LogP contribution in [0.5, 0.6) is 0 Å². The second kappa shape index (κ2) is 4.97. The number of benzene rings is 2. The average molecular weight is 264 g/mol. The molecule has 1 heterocycles. The van der Waals surface area contributed by atoms with Gasteiger partial charge in [0.15, 0.2) is 0 Å². The molecule has 0 aliphatic carbocycles. The molecule has 1 aromatic heterocycles. The molecule has 0 saturated heterocycles. The lowest BCUT2D eigenvalue weighted by molar-refractivity contribution is -0.255. The van der Waals surface area contributed by atoms with Crippen molar-refractivity contribution in [2.75, 3.05) is 5.32 Å². The first-order valence-electron chi connectivity index (χ1n) is 6.02. The summed E-state index contributed by atoms with van der Waals surface area (Å²) in [4.78, 5) is 19.4. The summed E-state index contributed by atoms with van der Waals surface area (Å²) in [7, 11) is 0. The number of aromatic carboxylic acids is 1. The number of carbonyl (C=O) groups is 1. The van der Waals surface area contributed by atoms with E-state index >= 15 is 0 Å². The Kier molecular flexibility index (Phi) is 3.01. The first kappa shape index (κ1) is 12.1. The van der Waals surface area contributed by atoms with Crippen molar-refractivity contribution in [1.29, 1.82) is 0 Å². The quantitative estimate of drug-likeness (QED) is 0.779. The fraction of sp³-hybridized carbons (Fsp3) is 0. The van der Waals surface area contributed by atoms with Gasteiger partial charge in [0.25, 0.3) is 0 Å². The van der Waals surface area contributed by atoms with Gasteiger partial charge >= 0.3 is 0 Å². The van der Waals surface area contributed by atoms with Gasteiger partial charge in [-0.3, -0.25) is 4.98 Å². The Bertz CT molecular complexity index is 769. The molecule has 0 aliphatic heterocycles. The molecule has 0 atom stereocenters. The summed E-state index contributed by atoms with van der Waals surface area (Å²) in [6, 6.07) is 13.8. The van der Waals surface area contributed by atoms with Crippen molar-refractivity contribution in [3.05, 3.63) is 60.3 Å². The van der Waals surface area contributed by atoms with Crippen LogP contribution in [0.15, 0.2) is 54.7 Å². The van der Waals surface area contributed by atoms with Gasteiger partial charge < -0.3 is 15.2 Å².